The third-order valence-electron chi connectivity index (χ3n) is 11.1. The lowest BCUT2D eigenvalue weighted by Gasteiger charge is -2.55. The number of aliphatic hydroxyl groups excluding tert-OH is 1. The van der Waals surface area contributed by atoms with E-state index in [1.165, 1.54) is 16.7 Å². The van der Waals surface area contributed by atoms with Crippen LogP contribution in [-0.4, -0.2) is 45.5 Å². The molecule has 4 saturated carbocycles. The second-order valence-corrected chi connectivity index (χ2v) is 15.1. The summed E-state index contributed by atoms with van der Waals surface area (Å²) in [5, 5.41) is 14.8. The Hall–Kier alpha value is -3.19. The number of carbonyl (C=O) groups excluding carboxylic acids is 1. The van der Waals surface area contributed by atoms with Crippen molar-refractivity contribution in [1.82, 2.24) is 14.8 Å². The van der Waals surface area contributed by atoms with Gasteiger partial charge in [0.05, 0.1) is 24.9 Å². The van der Waals surface area contributed by atoms with Crippen LogP contribution in [0.5, 0.6) is 5.75 Å². The van der Waals surface area contributed by atoms with Gasteiger partial charge in [-0.05, 0) is 144 Å². The minimum absolute atomic E-state index is 0.0691. The first-order valence-corrected chi connectivity index (χ1v) is 16.6. The van der Waals surface area contributed by atoms with E-state index in [0.29, 0.717) is 19.4 Å². The molecule has 7 nitrogen and oxygen atoms in total. The standard InChI is InChI=1S/C37H50N4O3/c1-25-19-30(20-26(2)33(25)44-6)37-15-12-36(13-16-37,14-17-37)24-40(34(43)27-7-9-31(42)10-8-27)32-21-28(11-18-38-32)29-22-39-41(23-29)35(3,4)5/h11,18-23,27,31,42H,7-10,12-17,24H2,1-6H3. The molecule has 0 saturated heterocycles. The minimum Gasteiger partial charge on any atom is -0.496 e. The van der Waals surface area contributed by atoms with Gasteiger partial charge in [0.25, 0.3) is 0 Å². The molecule has 0 unspecified atom stereocenters. The topological polar surface area (TPSA) is 80.5 Å². The highest BCUT2D eigenvalue weighted by atomic mass is 16.5. The van der Waals surface area contributed by atoms with Crippen molar-refractivity contribution in [2.24, 2.45) is 11.3 Å². The molecule has 2 aromatic heterocycles. The smallest absolute Gasteiger partial charge is 0.231 e. The van der Waals surface area contributed by atoms with Gasteiger partial charge in [0.2, 0.25) is 5.91 Å². The van der Waals surface area contributed by atoms with Crippen molar-refractivity contribution >= 4 is 11.7 Å². The zero-order chi connectivity index (χ0) is 31.3. The molecule has 0 aliphatic heterocycles. The summed E-state index contributed by atoms with van der Waals surface area (Å²) in [7, 11) is 1.76. The Labute approximate surface area is 263 Å². The first-order valence-electron chi connectivity index (χ1n) is 16.6. The van der Waals surface area contributed by atoms with Gasteiger partial charge >= 0.3 is 0 Å². The number of ether oxygens (including phenoxy) is 1. The number of hydrogen-bond acceptors (Lipinski definition) is 5. The summed E-state index contributed by atoms with van der Waals surface area (Å²) in [4.78, 5) is 21.2. The molecule has 7 heteroatoms. The van der Waals surface area contributed by atoms with Crippen molar-refractivity contribution < 1.29 is 14.6 Å². The SMILES string of the molecule is COc1c(C)cc(C23CCC(CN(C(=O)C4CCC(O)CC4)c4cc(-c5cnn(C(C)(C)C)c5)ccn4)(CC2)CC3)cc1C. The maximum Gasteiger partial charge on any atom is 0.231 e. The molecule has 0 spiro atoms. The first kappa shape index (κ1) is 30.8. The third-order valence-corrected chi connectivity index (χ3v) is 11.1. The van der Waals surface area contributed by atoms with E-state index in [2.05, 4.69) is 64.1 Å². The van der Waals surface area contributed by atoms with Crippen molar-refractivity contribution in [3.8, 4) is 16.9 Å². The van der Waals surface area contributed by atoms with Crippen LogP contribution in [0, 0.1) is 25.2 Å². The lowest BCUT2D eigenvalue weighted by atomic mass is 9.51. The fourth-order valence-electron chi connectivity index (χ4n) is 8.25. The highest BCUT2D eigenvalue weighted by molar-refractivity contribution is 5.95. The molecule has 0 atom stereocenters. The Morgan fingerprint density at radius 3 is 2.20 bits per heavy atom. The number of aromatic nitrogens is 3. The Morgan fingerprint density at radius 2 is 1.64 bits per heavy atom. The second kappa shape index (κ2) is 11.6. The molecule has 44 heavy (non-hydrogen) atoms. The average molecular weight is 599 g/mol. The zero-order valence-corrected chi connectivity index (χ0v) is 27.5. The molecule has 3 aromatic rings. The number of fused-ring (bicyclic) bond motifs is 3. The van der Waals surface area contributed by atoms with Crippen LogP contribution < -0.4 is 9.64 Å². The predicted molar refractivity (Wildman–Crippen MR) is 175 cm³/mol. The van der Waals surface area contributed by atoms with Gasteiger partial charge in [0.15, 0.2) is 0 Å². The molecule has 4 fully saturated rings. The second-order valence-electron chi connectivity index (χ2n) is 15.1. The van der Waals surface area contributed by atoms with Gasteiger partial charge in [0.1, 0.15) is 11.6 Å². The third kappa shape index (κ3) is 5.80. The van der Waals surface area contributed by atoms with Crippen molar-refractivity contribution in [3.63, 3.8) is 0 Å². The maximum absolute atomic E-state index is 14.3. The van der Waals surface area contributed by atoms with Gasteiger partial charge in [0, 0.05) is 30.4 Å². The number of amides is 1. The Balaban J connectivity index is 1.28. The molecule has 236 valence electrons. The van der Waals surface area contributed by atoms with Gasteiger partial charge in [-0.3, -0.25) is 14.4 Å². The van der Waals surface area contributed by atoms with E-state index in [0.717, 1.165) is 74.1 Å². The summed E-state index contributed by atoms with van der Waals surface area (Å²) in [5.41, 5.74) is 6.14. The number of anilines is 1. The quantitative estimate of drug-likeness (QED) is 0.305. The molecule has 2 bridgehead atoms. The van der Waals surface area contributed by atoms with Crippen molar-refractivity contribution in [2.75, 3.05) is 18.6 Å². The van der Waals surface area contributed by atoms with Crippen LogP contribution in [-0.2, 0) is 15.7 Å². The van der Waals surface area contributed by atoms with E-state index in [4.69, 9.17) is 9.72 Å². The molecule has 2 heterocycles. The number of nitrogens with zero attached hydrogens (tertiary/aromatic N) is 4. The zero-order valence-electron chi connectivity index (χ0n) is 27.5. The van der Waals surface area contributed by atoms with E-state index in [-0.39, 0.29) is 34.3 Å². The molecule has 1 N–H and O–H groups in total. The van der Waals surface area contributed by atoms with Crippen molar-refractivity contribution in [3.05, 3.63) is 59.5 Å². The largest absolute Gasteiger partial charge is 0.496 e. The van der Waals surface area contributed by atoms with Gasteiger partial charge in [-0.2, -0.15) is 5.10 Å². The molecule has 0 radical (unpaired) electrons. The lowest BCUT2D eigenvalue weighted by Crippen LogP contribution is -2.52. The summed E-state index contributed by atoms with van der Waals surface area (Å²) < 4.78 is 7.65. The number of aryl methyl sites for hydroxylation is 2. The van der Waals surface area contributed by atoms with Gasteiger partial charge < -0.3 is 9.84 Å². The fraction of sp³-hybridized carbons (Fsp3) is 0.595. The highest BCUT2D eigenvalue weighted by Gasteiger charge is 2.51. The molecule has 1 amide bonds. The van der Waals surface area contributed by atoms with Crippen LogP contribution in [0.2, 0.25) is 0 Å². The van der Waals surface area contributed by atoms with Gasteiger partial charge in [-0.1, -0.05) is 12.1 Å². The van der Waals surface area contributed by atoms with Crippen LogP contribution >= 0.6 is 0 Å². The first-order chi connectivity index (χ1) is 20.9. The van der Waals surface area contributed by atoms with Crippen LogP contribution in [0.15, 0.2) is 42.9 Å². The number of rotatable bonds is 7. The predicted octanol–water partition coefficient (Wildman–Crippen LogP) is 7.50. The minimum atomic E-state index is -0.290. The maximum atomic E-state index is 14.3. The lowest BCUT2D eigenvalue weighted by molar-refractivity contribution is -0.124. The number of aliphatic hydroxyl groups is 1. The fourth-order valence-corrected chi connectivity index (χ4v) is 8.25. The molecular formula is C37H50N4O3. The Kier molecular flexibility index (Phi) is 8.14. The number of carbonyl (C=O) groups is 1. The molecular weight excluding hydrogens is 548 g/mol. The average Bonchev–Trinajstić information content (AvgIpc) is 3.53. The normalized spacial score (nSPS) is 26.9. The van der Waals surface area contributed by atoms with Crippen LogP contribution in [0.4, 0.5) is 5.82 Å². The van der Waals surface area contributed by atoms with Crippen LogP contribution in [0.1, 0.15) is 102 Å². The van der Waals surface area contributed by atoms with Gasteiger partial charge in [-0.25, -0.2) is 4.98 Å². The summed E-state index contributed by atoms with van der Waals surface area (Å²) >= 11 is 0. The molecule has 4 aliphatic carbocycles. The summed E-state index contributed by atoms with van der Waals surface area (Å²) in [6.07, 6.45) is 15.2. The molecule has 4 aliphatic rings. The summed E-state index contributed by atoms with van der Waals surface area (Å²) in [6.45, 7) is 11.4. The van der Waals surface area contributed by atoms with E-state index >= 15 is 0 Å². The van der Waals surface area contributed by atoms with E-state index in [1.807, 2.05) is 28.0 Å². The van der Waals surface area contributed by atoms with Crippen molar-refractivity contribution in [2.45, 2.75) is 116 Å². The van der Waals surface area contributed by atoms with E-state index in [9.17, 15) is 9.90 Å². The van der Waals surface area contributed by atoms with Gasteiger partial charge in [-0.15, -0.1) is 0 Å². The number of pyridine rings is 1. The van der Waals surface area contributed by atoms with Crippen molar-refractivity contribution in [1.29, 1.82) is 0 Å². The summed E-state index contributed by atoms with van der Waals surface area (Å²) in [5.74, 6) is 1.84. The summed E-state index contributed by atoms with van der Waals surface area (Å²) in [6, 6.07) is 8.80. The van der Waals surface area contributed by atoms with E-state index in [1.54, 1.807) is 7.11 Å². The van der Waals surface area contributed by atoms with E-state index < -0.39 is 0 Å². The number of methoxy groups -OCH3 is 1. The molecule has 7 rings (SSSR count). The monoisotopic (exact) mass is 598 g/mol. The van der Waals surface area contributed by atoms with Crippen LogP contribution in [0.25, 0.3) is 11.1 Å². The Bertz CT molecular complexity index is 1460. The Morgan fingerprint density at radius 1 is 1.00 bits per heavy atom. The number of benzene rings is 1. The highest BCUT2D eigenvalue weighted by Crippen LogP contribution is 2.58. The van der Waals surface area contributed by atoms with Crippen LogP contribution in [0.3, 0.4) is 0 Å². The number of hydrogen-bond donors (Lipinski definition) is 1. The molecule has 1 aromatic carbocycles.